The van der Waals surface area contributed by atoms with Gasteiger partial charge in [0.25, 0.3) is 0 Å². The van der Waals surface area contributed by atoms with E-state index >= 15 is 0 Å². The van der Waals surface area contributed by atoms with Gasteiger partial charge in [-0.1, -0.05) is 5.16 Å². The summed E-state index contributed by atoms with van der Waals surface area (Å²) in [5.41, 5.74) is 7.66. The van der Waals surface area contributed by atoms with Gasteiger partial charge in [-0.05, 0) is 37.1 Å². The molecule has 0 bridgehead atoms. The number of nitrogens with two attached hydrogens (primary N) is 1. The van der Waals surface area contributed by atoms with Crippen molar-refractivity contribution >= 4 is 6.01 Å². The monoisotopic (exact) mass is 205 g/mol. The standard InChI is InChI=1S/C10H11N3O2/c1-5-3-7(4-6(2)8(5)14)9-12-10(11)15-13-9/h3-4,14H,1-2H3,(H2,11,12,13). The lowest BCUT2D eigenvalue weighted by Crippen LogP contribution is -1.87. The lowest BCUT2D eigenvalue weighted by Gasteiger charge is -2.04. The Morgan fingerprint density at radius 1 is 1.27 bits per heavy atom. The molecule has 0 atom stereocenters. The molecule has 15 heavy (non-hydrogen) atoms. The maximum atomic E-state index is 9.59. The minimum Gasteiger partial charge on any atom is -0.507 e. The van der Waals surface area contributed by atoms with Gasteiger partial charge in [0.1, 0.15) is 5.75 Å². The number of hydrogen-bond donors (Lipinski definition) is 2. The summed E-state index contributed by atoms with van der Waals surface area (Å²) < 4.78 is 4.68. The SMILES string of the molecule is Cc1cc(-c2noc(N)n2)cc(C)c1O. The fraction of sp³-hybridized carbons (Fsp3) is 0.200. The number of benzene rings is 1. The van der Waals surface area contributed by atoms with Crippen molar-refractivity contribution in [1.29, 1.82) is 0 Å². The minimum absolute atomic E-state index is 0.0355. The number of aryl methyl sites for hydroxylation is 2. The molecular formula is C10H11N3O2. The molecule has 0 aliphatic carbocycles. The molecule has 0 saturated heterocycles. The van der Waals surface area contributed by atoms with Crippen LogP contribution in [0, 0.1) is 13.8 Å². The van der Waals surface area contributed by atoms with Gasteiger partial charge in [0.2, 0.25) is 5.82 Å². The van der Waals surface area contributed by atoms with E-state index in [2.05, 4.69) is 14.7 Å². The summed E-state index contributed by atoms with van der Waals surface area (Å²) in [5, 5.41) is 13.3. The average molecular weight is 205 g/mol. The largest absolute Gasteiger partial charge is 0.507 e. The molecule has 0 spiro atoms. The van der Waals surface area contributed by atoms with E-state index in [4.69, 9.17) is 5.73 Å². The van der Waals surface area contributed by atoms with E-state index < -0.39 is 0 Å². The summed E-state index contributed by atoms with van der Waals surface area (Å²) in [6, 6.07) is 3.60. The van der Waals surface area contributed by atoms with Gasteiger partial charge in [0.15, 0.2) is 0 Å². The Morgan fingerprint density at radius 2 is 1.87 bits per heavy atom. The molecule has 0 aliphatic heterocycles. The van der Waals surface area contributed by atoms with Gasteiger partial charge < -0.3 is 15.4 Å². The zero-order valence-corrected chi connectivity index (χ0v) is 8.48. The molecule has 1 aromatic heterocycles. The highest BCUT2D eigenvalue weighted by atomic mass is 16.5. The quantitative estimate of drug-likeness (QED) is 0.739. The fourth-order valence-electron chi connectivity index (χ4n) is 1.44. The lowest BCUT2D eigenvalue weighted by atomic mass is 10.1. The van der Waals surface area contributed by atoms with Crippen LogP contribution in [0.25, 0.3) is 11.4 Å². The predicted molar refractivity (Wildman–Crippen MR) is 55.3 cm³/mol. The number of aromatic nitrogens is 2. The first-order chi connectivity index (χ1) is 7.08. The molecule has 0 saturated carbocycles. The van der Waals surface area contributed by atoms with Gasteiger partial charge in [0.05, 0.1) is 0 Å². The van der Waals surface area contributed by atoms with Crippen molar-refractivity contribution in [2.45, 2.75) is 13.8 Å². The van der Waals surface area contributed by atoms with Gasteiger partial charge in [-0.3, -0.25) is 0 Å². The molecule has 0 radical (unpaired) electrons. The number of phenols is 1. The highest BCUT2D eigenvalue weighted by molar-refractivity contribution is 5.61. The third-order valence-electron chi connectivity index (χ3n) is 2.19. The van der Waals surface area contributed by atoms with Crippen LogP contribution in [0.2, 0.25) is 0 Å². The van der Waals surface area contributed by atoms with Crippen molar-refractivity contribution in [2.24, 2.45) is 0 Å². The van der Waals surface area contributed by atoms with Crippen LogP contribution in [0.5, 0.6) is 5.75 Å². The van der Waals surface area contributed by atoms with Crippen LogP contribution in [0.4, 0.5) is 6.01 Å². The minimum atomic E-state index is 0.0355. The molecular weight excluding hydrogens is 194 g/mol. The molecule has 5 nitrogen and oxygen atoms in total. The Balaban J connectivity index is 2.55. The summed E-state index contributed by atoms with van der Waals surface area (Å²) >= 11 is 0. The fourth-order valence-corrected chi connectivity index (χ4v) is 1.44. The molecule has 2 rings (SSSR count). The smallest absolute Gasteiger partial charge is 0.319 e. The van der Waals surface area contributed by atoms with Gasteiger partial charge in [-0.15, -0.1) is 0 Å². The Kier molecular flexibility index (Phi) is 2.07. The molecule has 1 aromatic carbocycles. The van der Waals surface area contributed by atoms with Gasteiger partial charge in [-0.2, -0.15) is 4.98 Å². The van der Waals surface area contributed by atoms with E-state index in [1.165, 1.54) is 0 Å². The van der Waals surface area contributed by atoms with Crippen LogP contribution in [0.1, 0.15) is 11.1 Å². The Bertz CT molecular complexity index is 482. The molecule has 0 unspecified atom stereocenters. The number of nitrogen functional groups attached to an aromatic ring is 1. The molecule has 0 amide bonds. The summed E-state index contributed by atoms with van der Waals surface area (Å²) in [5.74, 6) is 0.717. The first kappa shape index (κ1) is 9.51. The Morgan fingerprint density at radius 3 is 2.33 bits per heavy atom. The number of hydrogen-bond acceptors (Lipinski definition) is 5. The van der Waals surface area contributed by atoms with Crippen LogP contribution < -0.4 is 5.73 Å². The molecule has 1 heterocycles. The van der Waals surface area contributed by atoms with E-state index in [0.717, 1.165) is 16.7 Å². The number of nitrogens with zero attached hydrogens (tertiary/aromatic N) is 2. The first-order valence-electron chi connectivity index (χ1n) is 4.47. The lowest BCUT2D eigenvalue weighted by molar-refractivity contribution is 0.437. The topological polar surface area (TPSA) is 85.2 Å². The number of phenolic OH excluding ortho intramolecular Hbond substituents is 1. The molecule has 0 fully saturated rings. The summed E-state index contributed by atoms with van der Waals surface area (Å²) in [4.78, 5) is 3.91. The zero-order valence-electron chi connectivity index (χ0n) is 8.48. The van der Waals surface area contributed by atoms with E-state index in [-0.39, 0.29) is 11.8 Å². The zero-order chi connectivity index (χ0) is 11.0. The van der Waals surface area contributed by atoms with E-state index in [0.29, 0.717) is 5.82 Å². The second-order valence-electron chi connectivity index (χ2n) is 3.41. The van der Waals surface area contributed by atoms with Crippen LogP contribution >= 0.6 is 0 Å². The summed E-state index contributed by atoms with van der Waals surface area (Å²) in [6.07, 6.45) is 0. The second kappa shape index (κ2) is 3.27. The van der Waals surface area contributed by atoms with Crippen LogP contribution in [0.15, 0.2) is 16.7 Å². The highest BCUT2D eigenvalue weighted by Gasteiger charge is 2.09. The third-order valence-corrected chi connectivity index (χ3v) is 2.19. The summed E-state index contributed by atoms with van der Waals surface area (Å²) in [7, 11) is 0. The first-order valence-corrected chi connectivity index (χ1v) is 4.47. The van der Waals surface area contributed by atoms with Crippen molar-refractivity contribution in [2.75, 3.05) is 5.73 Å². The van der Waals surface area contributed by atoms with E-state index in [9.17, 15) is 5.11 Å². The Labute approximate surface area is 86.5 Å². The molecule has 2 aromatic rings. The summed E-state index contributed by atoms with van der Waals surface area (Å²) in [6.45, 7) is 3.63. The van der Waals surface area contributed by atoms with Gasteiger partial charge in [-0.25, -0.2) is 0 Å². The number of anilines is 1. The van der Waals surface area contributed by atoms with Crippen LogP contribution in [0.3, 0.4) is 0 Å². The van der Waals surface area contributed by atoms with Crippen molar-refractivity contribution in [3.63, 3.8) is 0 Å². The molecule has 0 aliphatic rings. The third kappa shape index (κ3) is 1.63. The van der Waals surface area contributed by atoms with Crippen molar-refractivity contribution in [1.82, 2.24) is 10.1 Å². The highest BCUT2D eigenvalue weighted by Crippen LogP contribution is 2.27. The van der Waals surface area contributed by atoms with Gasteiger partial charge >= 0.3 is 6.01 Å². The van der Waals surface area contributed by atoms with Crippen molar-refractivity contribution in [3.05, 3.63) is 23.3 Å². The predicted octanol–water partition coefficient (Wildman–Crippen LogP) is 1.64. The average Bonchev–Trinajstić information content (AvgIpc) is 2.60. The maximum absolute atomic E-state index is 9.59. The second-order valence-corrected chi connectivity index (χ2v) is 3.41. The molecule has 3 N–H and O–H groups in total. The number of aromatic hydroxyl groups is 1. The van der Waals surface area contributed by atoms with Crippen LogP contribution in [-0.2, 0) is 0 Å². The van der Waals surface area contributed by atoms with E-state index in [1.54, 1.807) is 12.1 Å². The van der Waals surface area contributed by atoms with Crippen molar-refractivity contribution < 1.29 is 9.63 Å². The van der Waals surface area contributed by atoms with Crippen LogP contribution in [-0.4, -0.2) is 15.2 Å². The number of rotatable bonds is 1. The molecule has 78 valence electrons. The van der Waals surface area contributed by atoms with E-state index in [1.807, 2.05) is 13.8 Å². The molecule has 5 heteroatoms. The van der Waals surface area contributed by atoms with Gasteiger partial charge in [0, 0.05) is 5.56 Å². The van der Waals surface area contributed by atoms with Crippen molar-refractivity contribution in [3.8, 4) is 17.1 Å². The maximum Gasteiger partial charge on any atom is 0.319 e. The normalized spacial score (nSPS) is 10.5. The Hall–Kier alpha value is -2.04.